The number of rotatable bonds is 3. The first kappa shape index (κ1) is 14.9. The number of hydrogen-bond acceptors (Lipinski definition) is 6. The zero-order valence-electron chi connectivity index (χ0n) is 11.3. The molecule has 2 N–H and O–H groups in total. The number of carbonyl (C=O) groups is 1. The Balaban J connectivity index is 2.12. The van der Waals surface area contributed by atoms with Crippen LogP contribution in [0.4, 0.5) is 0 Å². The van der Waals surface area contributed by atoms with Crippen LogP contribution in [0.5, 0.6) is 0 Å². The number of aliphatic hydroxyl groups is 2. The molecule has 5 atom stereocenters. The monoisotopic (exact) mass is 282 g/mol. The molecule has 6 heteroatoms. The van der Waals surface area contributed by atoms with Gasteiger partial charge < -0.3 is 24.4 Å². The highest BCUT2D eigenvalue weighted by molar-refractivity contribution is 5.89. The second-order valence-electron chi connectivity index (χ2n) is 4.66. The Kier molecular flexibility index (Phi) is 4.72. The summed E-state index contributed by atoms with van der Waals surface area (Å²) in [5.74, 6) is -0.531. The largest absolute Gasteiger partial charge is 0.453 e. The highest BCUT2D eigenvalue weighted by atomic mass is 16.7. The molecule has 1 aromatic carbocycles. The maximum atomic E-state index is 12.0. The number of methoxy groups -OCH3 is 1. The Hall–Kier alpha value is -1.47. The zero-order valence-corrected chi connectivity index (χ0v) is 11.3. The smallest absolute Gasteiger partial charge is 0.338 e. The van der Waals surface area contributed by atoms with E-state index in [2.05, 4.69) is 0 Å². The number of ether oxygens (including phenoxy) is 3. The van der Waals surface area contributed by atoms with Crippen molar-refractivity contribution >= 4 is 5.97 Å². The van der Waals surface area contributed by atoms with Gasteiger partial charge in [-0.2, -0.15) is 0 Å². The summed E-state index contributed by atoms with van der Waals surface area (Å²) in [5, 5.41) is 19.3. The van der Waals surface area contributed by atoms with Gasteiger partial charge in [-0.3, -0.25) is 0 Å². The Morgan fingerprint density at radius 1 is 1.20 bits per heavy atom. The van der Waals surface area contributed by atoms with Crippen molar-refractivity contribution < 1.29 is 29.2 Å². The molecule has 1 unspecified atom stereocenters. The van der Waals surface area contributed by atoms with Crippen LogP contribution in [-0.2, 0) is 14.2 Å². The summed E-state index contributed by atoms with van der Waals surface area (Å²) in [6.07, 6.45) is -4.87. The predicted molar refractivity (Wildman–Crippen MR) is 69.0 cm³/mol. The molecule has 0 spiro atoms. The fraction of sp³-hybridized carbons (Fsp3) is 0.500. The van der Waals surface area contributed by atoms with Crippen LogP contribution in [0.3, 0.4) is 0 Å². The second kappa shape index (κ2) is 6.32. The minimum atomic E-state index is -1.36. The quantitative estimate of drug-likeness (QED) is 0.777. The van der Waals surface area contributed by atoms with Crippen LogP contribution in [-0.4, -0.2) is 54.0 Å². The second-order valence-corrected chi connectivity index (χ2v) is 4.66. The predicted octanol–water partition coefficient (Wildman–Crippen LogP) is 0.325. The van der Waals surface area contributed by atoms with E-state index in [0.29, 0.717) is 5.56 Å². The maximum Gasteiger partial charge on any atom is 0.338 e. The average Bonchev–Trinajstić information content (AvgIpc) is 2.46. The molecule has 1 saturated heterocycles. The third-order valence-corrected chi connectivity index (χ3v) is 3.29. The van der Waals surface area contributed by atoms with Crippen LogP contribution < -0.4 is 0 Å². The molecule has 0 saturated carbocycles. The molecule has 1 aliphatic heterocycles. The number of carbonyl (C=O) groups excluding carboxylic acids is 1. The molecule has 110 valence electrons. The first-order valence-electron chi connectivity index (χ1n) is 6.35. The van der Waals surface area contributed by atoms with Crippen molar-refractivity contribution in [2.45, 2.75) is 37.6 Å². The lowest BCUT2D eigenvalue weighted by Gasteiger charge is -2.40. The molecule has 2 rings (SSSR count). The first-order chi connectivity index (χ1) is 9.54. The molecule has 1 aliphatic rings. The van der Waals surface area contributed by atoms with Gasteiger partial charge in [0.2, 0.25) is 0 Å². The van der Waals surface area contributed by atoms with Crippen molar-refractivity contribution in [2.75, 3.05) is 7.11 Å². The molecule has 0 aliphatic carbocycles. The Labute approximate surface area is 116 Å². The lowest BCUT2D eigenvalue weighted by molar-refractivity contribution is -0.281. The Bertz CT molecular complexity index is 448. The van der Waals surface area contributed by atoms with E-state index in [-0.39, 0.29) is 0 Å². The first-order valence-corrected chi connectivity index (χ1v) is 6.35. The third-order valence-electron chi connectivity index (χ3n) is 3.29. The van der Waals surface area contributed by atoms with Crippen LogP contribution in [0, 0.1) is 0 Å². The molecule has 0 radical (unpaired) electrons. The van der Waals surface area contributed by atoms with Crippen molar-refractivity contribution in [1.29, 1.82) is 0 Å². The summed E-state index contributed by atoms with van der Waals surface area (Å²) in [7, 11) is 1.38. The molecule has 1 fully saturated rings. The van der Waals surface area contributed by atoms with Gasteiger partial charge in [0.05, 0.1) is 11.7 Å². The summed E-state index contributed by atoms with van der Waals surface area (Å²) in [6.45, 7) is 1.64. The van der Waals surface area contributed by atoms with E-state index in [0.717, 1.165) is 0 Å². The molecule has 0 bridgehead atoms. The average molecular weight is 282 g/mol. The summed E-state index contributed by atoms with van der Waals surface area (Å²) < 4.78 is 15.6. The van der Waals surface area contributed by atoms with Crippen molar-refractivity contribution in [1.82, 2.24) is 0 Å². The number of hydrogen-bond donors (Lipinski definition) is 2. The fourth-order valence-corrected chi connectivity index (χ4v) is 2.20. The van der Waals surface area contributed by atoms with E-state index in [4.69, 9.17) is 14.2 Å². The number of aliphatic hydroxyl groups excluding tert-OH is 2. The molecular formula is C14H18O6. The van der Waals surface area contributed by atoms with Crippen LogP contribution in [0.15, 0.2) is 30.3 Å². The highest BCUT2D eigenvalue weighted by Crippen LogP contribution is 2.25. The lowest BCUT2D eigenvalue weighted by atomic mass is 9.99. The minimum Gasteiger partial charge on any atom is -0.453 e. The summed E-state index contributed by atoms with van der Waals surface area (Å²) in [5.41, 5.74) is 0.398. The Morgan fingerprint density at radius 3 is 2.45 bits per heavy atom. The van der Waals surface area contributed by atoms with Crippen LogP contribution in [0.1, 0.15) is 17.3 Å². The maximum absolute atomic E-state index is 12.0. The van der Waals surface area contributed by atoms with Crippen molar-refractivity contribution in [3.05, 3.63) is 35.9 Å². The van der Waals surface area contributed by atoms with E-state index >= 15 is 0 Å². The van der Waals surface area contributed by atoms with Gasteiger partial charge in [0.1, 0.15) is 12.2 Å². The van der Waals surface area contributed by atoms with Crippen molar-refractivity contribution in [3.63, 3.8) is 0 Å². The molecule has 1 aromatic rings. The van der Waals surface area contributed by atoms with E-state index < -0.39 is 36.7 Å². The third kappa shape index (κ3) is 2.99. The van der Waals surface area contributed by atoms with Gasteiger partial charge in [0.15, 0.2) is 12.4 Å². The molecular weight excluding hydrogens is 264 g/mol. The SMILES string of the molecule is CO[C@H]1[C@H](OC(=O)c2ccccc2)[C@@H](C)OC(O)[C@@H]1O. The Morgan fingerprint density at radius 2 is 1.85 bits per heavy atom. The van der Waals surface area contributed by atoms with Crippen molar-refractivity contribution in [3.8, 4) is 0 Å². The van der Waals surface area contributed by atoms with Gasteiger partial charge in [-0.25, -0.2) is 4.79 Å². The van der Waals surface area contributed by atoms with Gasteiger partial charge in [-0.15, -0.1) is 0 Å². The zero-order chi connectivity index (χ0) is 14.7. The van der Waals surface area contributed by atoms with E-state index in [9.17, 15) is 15.0 Å². The van der Waals surface area contributed by atoms with E-state index in [1.165, 1.54) is 7.11 Å². The van der Waals surface area contributed by atoms with Crippen LogP contribution in [0.25, 0.3) is 0 Å². The molecule has 0 amide bonds. The normalized spacial score (nSPS) is 33.7. The van der Waals surface area contributed by atoms with Gasteiger partial charge in [0, 0.05) is 7.11 Å². The van der Waals surface area contributed by atoms with Crippen molar-refractivity contribution in [2.24, 2.45) is 0 Å². The summed E-state index contributed by atoms with van der Waals surface area (Å²) >= 11 is 0. The topological polar surface area (TPSA) is 85.2 Å². The molecule has 0 aromatic heterocycles. The number of esters is 1. The number of benzene rings is 1. The van der Waals surface area contributed by atoms with Crippen LogP contribution in [0.2, 0.25) is 0 Å². The lowest BCUT2D eigenvalue weighted by Crippen LogP contribution is -2.58. The van der Waals surface area contributed by atoms with E-state index in [1.807, 2.05) is 0 Å². The summed E-state index contributed by atoms with van der Waals surface area (Å²) in [6, 6.07) is 8.50. The van der Waals surface area contributed by atoms with Gasteiger partial charge in [0.25, 0.3) is 0 Å². The van der Waals surface area contributed by atoms with Gasteiger partial charge in [-0.1, -0.05) is 18.2 Å². The standard InChI is InChI=1S/C14H18O6/c1-8-11(12(18-2)10(15)14(17)19-8)20-13(16)9-6-4-3-5-7-9/h3-8,10-12,14-15,17H,1-2H3/t8-,10-,11-,12-,14?/m1/s1. The fourth-order valence-electron chi connectivity index (χ4n) is 2.20. The van der Waals surface area contributed by atoms with E-state index in [1.54, 1.807) is 37.3 Å². The van der Waals surface area contributed by atoms with Gasteiger partial charge >= 0.3 is 5.97 Å². The molecule has 6 nitrogen and oxygen atoms in total. The minimum absolute atomic E-state index is 0.398. The van der Waals surface area contributed by atoms with Crippen LogP contribution >= 0.6 is 0 Å². The summed E-state index contributed by atoms with van der Waals surface area (Å²) in [4.78, 5) is 12.0. The van der Waals surface area contributed by atoms with Gasteiger partial charge in [-0.05, 0) is 19.1 Å². The molecule has 20 heavy (non-hydrogen) atoms. The highest BCUT2D eigenvalue weighted by Gasteiger charge is 2.45. The molecule has 1 heterocycles.